The molecule has 0 fully saturated rings. The summed E-state index contributed by atoms with van der Waals surface area (Å²) in [5, 5.41) is 16.5. The lowest BCUT2D eigenvalue weighted by Crippen LogP contribution is -2.54. The molecule has 3 aromatic heterocycles. The van der Waals surface area contributed by atoms with Crippen LogP contribution in [0.2, 0.25) is 0 Å². The van der Waals surface area contributed by atoms with E-state index in [0.29, 0.717) is 82.7 Å². The average Bonchev–Trinajstić information content (AvgIpc) is 3.96. The number of carbonyl (C=O) groups excluding carboxylic acids is 4. The Morgan fingerprint density at radius 1 is 0.867 bits per heavy atom. The molecule has 0 saturated carbocycles. The van der Waals surface area contributed by atoms with E-state index in [1.54, 1.807) is 70.3 Å². The van der Waals surface area contributed by atoms with Crippen molar-refractivity contribution in [3.63, 3.8) is 0 Å². The van der Waals surface area contributed by atoms with Gasteiger partial charge in [-0.1, -0.05) is 12.2 Å². The molecule has 4 heterocycles. The highest BCUT2D eigenvalue weighted by atomic mass is 16.5. The number of primary amides is 2. The van der Waals surface area contributed by atoms with Crippen LogP contribution in [-0.2, 0) is 19.6 Å². The number of hydrogen-bond donors (Lipinski definition) is 5. The van der Waals surface area contributed by atoms with Gasteiger partial charge in [-0.2, -0.15) is 10.2 Å². The number of nitrogens with two attached hydrogens (primary N) is 3. The van der Waals surface area contributed by atoms with E-state index in [9.17, 15) is 19.2 Å². The van der Waals surface area contributed by atoms with Crippen molar-refractivity contribution in [3.8, 4) is 11.5 Å². The third-order valence-electron chi connectivity index (χ3n) is 10.0. The predicted molar refractivity (Wildman–Crippen MR) is 226 cm³/mol. The van der Waals surface area contributed by atoms with Gasteiger partial charge in [0.05, 0.1) is 36.3 Å². The zero-order valence-corrected chi connectivity index (χ0v) is 34.9. The Hall–Kier alpha value is -6.93. The summed E-state index contributed by atoms with van der Waals surface area (Å²) < 4.78 is 17.0. The van der Waals surface area contributed by atoms with Crippen molar-refractivity contribution in [1.29, 1.82) is 0 Å². The van der Waals surface area contributed by atoms with Crippen LogP contribution in [0.3, 0.4) is 0 Å². The van der Waals surface area contributed by atoms with Crippen LogP contribution >= 0.6 is 0 Å². The Morgan fingerprint density at radius 3 is 2.07 bits per heavy atom. The average molecular weight is 825 g/mol. The van der Waals surface area contributed by atoms with E-state index in [-0.39, 0.29) is 42.7 Å². The minimum Gasteiger partial charge on any atom is -0.494 e. The molecule has 0 bridgehead atoms. The number of hydrogen-bond acceptors (Lipinski definition) is 13. The molecule has 60 heavy (non-hydrogen) atoms. The molecule has 1 unspecified atom stereocenters. The standard InChI is InChI=1S/C40H52N14O6/c1-8-53-29(17-23(3)47-53)37(57)45-39-44-27-19-25(35(41)55)21-31(59-7)33(27)51(39)14-10-11-15-52-34-28(20-26(36(42)56)22-32(34)60-16-12-13-49(5)43)50(6)40(52)46-38(58)30-18-24(4)48-54(30)9-2/h10-11,17-22,40H,8-9,12-16,43H2,1-7H3,(H2,41,55)(H2,42,56)(H,46,58)(H,44,45,57)/b11-10+. The van der Waals surface area contributed by atoms with Gasteiger partial charge in [-0.25, -0.2) is 4.98 Å². The third-order valence-corrected chi connectivity index (χ3v) is 10.0. The van der Waals surface area contributed by atoms with Gasteiger partial charge in [0.1, 0.15) is 34.1 Å². The number of benzene rings is 2. The largest absolute Gasteiger partial charge is 0.494 e. The monoisotopic (exact) mass is 824 g/mol. The van der Waals surface area contributed by atoms with Crippen molar-refractivity contribution >= 4 is 52.0 Å². The molecule has 1 aliphatic rings. The Balaban J connectivity index is 1.38. The van der Waals surface area contributed by atoms with Crippen molar-refractivity contribution in [2.24, 2.45) is 17.3 Å². The van der Waals surface area contributed by atoms with Crippen LogP contribution in [0, 0.1) is 13.8 Å². The van der Waals surface area contributed by atoms with E-state index in [2.05, 4.69) is 20.8 Å². The first-order valence-corrected chi connectivity index (χ1v) is 19.5. The molecular weight excluding hydrogens is 773 g/mol. The molecule has 20 nitrogen and oxygen atoms in total. The number of aryl methyl sites for hydroxylation is 4. The number of nitrogens with one attached hydrogen (secondary N) is 2. The van der Waals surface area contributed by atoms with E-state index < -0.39 is 24.0 Å². The lowest BCUT2D eigenvalue weighted by Gasteiger charge is -2.31. The number of hydrazine groups is 1. The first-order chi connectivity index (χ1) is 28.6. The van der Waals surface area contributed by atoms with E-state index in [1.165, 1.54) is 13.2 Å². The smallest absolute Gasteiger partial charge is 0.276 e. The molecule has 0 aliphatic carbocycles. The zero-order chi connectivity index (χ0) is 43.4. The maximum Gasteiger partial charge on any atom is 0.276 e. The number of ether oxygens (including phenoxy) is 2. The molecule has 0 spiro atoms. The highest BCUT2D eigenvalue weighted by Crippen LogP contribution is 2.46. The lowest BCUT2D eigenvalue weighted by molar-refractivity contribution is 0.0924. The number of allylic oxidation sites excluding steroid dienone is 1. The predicted octanol–water partition coefficient (Wildman–Crippen LogP) is 2.35. The molecule has 8 N–H and O–H groups in total. The molecular formula is C40H52N14O6. The third kappa shape index (κ3) is 8.73. The molecule has 6 rings (SSSR count). The number of amides is 4. The minimum atomic E-state index is -0.749. The SMILES string of the molecule is CCn1nc(C)cc1C(=O)Nc1nc2cc(C(N)=O)cc(OC)c2n1C/C=C/CN1c2c(OCCCN(C)N)cc(C(N)=O)cc2N(C)C1NC(=O)c1cc(C)nn1CC. The molecule has 4 amide bonds. The molecule has 318 valence electrons. The summed E-state index contributed by atoms with van der Waals surface area (Å²) in [6.45, 7) is 9.66. The fourth-order valence-corrected chi connectivity index (χ4v) is 7.19. The van der Waals surface area contributed by atoms with Gasteiger partial charge >= 0.3 is 0 Å². The maximum absolute atomic E-state index is 13.9. The Kier molecular flexibility index (Phi) is 12.7. The van der Waals surface area contributed by atoms with Gasteiger partial charge < -0.3 is 40.6 Å². The summed E-state index contributed by atoms with van der Waals surface area (Å²) in [6, 6.07) is 9.76. The second-order valence-electron chi connectivity index (χ2n) is 14.4. The lowest BCUT2D eigenvalue weighted by atomic mass is 10.1. The van der Waals surface area contributed by atoms with Crippen molar-refractivity contribution in [2.45, 2.75) is 60.0 Å². The molecule has 0 saturated heterocycles. The van der Waals surface area contributed by atoms with E-state index >= 15 is 0 Å². The number of nitrogens with zero attached hydrogens (tertiary/aromatic N) is 9. The van der Waals surface area contributed by atoms with Gasteiger partial charge in [-0.3, -0.25) is 44.7 Å². The number of methoxy groups -OCH3 is 1. The van der Waals surface area contributed by atoms with Gasteiger partial charge in [-0.15, -0.1) is 0 Å². The topological polar surface area (TPSA) is 252 Å². The summed E-state index contributed by atoms with van der Waals surface area (Å²) in [5.74, 6) is 4.66. The zero-order valence-electron chi connectivity index (χ0n) is 34.9. The van der Waals surface area contributed by atoms with E-state index in [1.807, 2.05) is 42.7 Å². The van der Waals surface area contributed by atoms with Crippen LogP contribution in [0.15, 0.2) is 48.6 Å². The fourth-order valence-electron chi connectivity index (χ4n) is 7.19. The first kappa shape index (κ1) is 42.7. The van der Waals surface area contributed by atoms with Crippen molar-refractivity contribution in [3.05, 3.63) is 82.5 Å². The maximum atomic E-state index is 13.9. The number of anilines is 3. The van der Waals surface area contributed by atoms with Gasteiger partial charge in [0, 0.05) is 57.9 Å². The summed E-state index contributed by atoms with van der Waals surface area (Å²) in [6.07, 6.45) is 3.62. The van der Waals surface area contributed by atoms with Crippen LogP contribution in [0.1, 0.15) is 73.3 Å². The van der Waals surface area contributed by atoms with Crippen LogP contribution < -0.4 is 47.2 Å². The Bertz CT molecular complexity index is 2470. The highest BCUT2D eigenvalue weighted by molar-refractivity contribution is 6.04. The second-order valence-corrected chi connectivity index (χ2v) is 14.4. The van der Waals surface area contributed by atoms with Crippen molar-refractivity contribution < 1.29 is 28.7 Å². The van der Waals surface area contributed by atoms with Gasteiger partial charge in [-0.05, 0) is 70.5 Å². The normalized spacial score (nSPS) is 13.7. The van der Waals surface area contributed by atoms with Crippen molar-refractivity contribution in [2.75, 3.05) is 56.0 Å². The molecule has 1 aliphatic heterocycles. The molecule has 1 atom stereocenters. The Morgan fingerprint density at radius 2 is 1.47 bits per heavy atom. The van der Waals surface area contributed by atoms with E-state index in [4.69, 9.17) is 31.8 Å². The minimum absolute atomic E-state index is 0.184. The van der Waals surface area contributed by atoms with Crippen LogP contribution in [0.25, 0.3) is 11.0 Å². The quantitative estimate of drug-likeness (QED) is 0.0369. The van der Waals surface area contributed by atoms with Crippen LogP contribution in [0.5, 0.6) is 11.5 Å². The van der Waals surface area contributed by atoms with Gasteiger partial charge in [0.15, 0.2) is 6.29 Å². The van der Waals surface area contributed by atoms with Gasteiger partial charge in [0.25, 0.3) is 11.8 Å². The molecule has 0 radical (unpaired) electrons. The summed E-state index contributed by atoms with van der Waals surface area (Å²) in [4.78, 5) is 60.9. The highest BCUT2D eigenvalue weighted by Gasteiger charge is 2.38. The first-order valence-electron chi connectivity index (χ1n) is 19.5. The number of aromatic nitrogens is 6. The number of rotatable bonds is 18. The number of carbonyl (C=O) groups is 4. The second kappa shape index (κ2) is 17.9. The number of imidazole rings is 1. The van der Waals surface area contributed by atoms with Crippen LogP contribution in [0.4, 0.5) is 17.3 Å². The summed E-state index contributed by atoms with van der Waals surface area (Å²) in [5.41, 5.74) is 16.1. The van der Waals surface area contributed by atoms with Crippen molar-refractivity contribution in [1.82, 2.24) is 39.4 Å². The van der Waals surface area contributed by atoms with E-state index in [0.717, 1.165) is 0 Å². The Labute approximate surface area is 346 Å². The fraction of sp³-hybridized carbons (Fsp3) is 0.375. The van der Waals surface area contributed by atoms with Gasteiger partial charge in [0.2, 0.25) is 17.8 Å². The van der Waals surface area contributed by atoms with Crippen LogP contribution in [-0.4, -0.2) is 105 Å². The number of fused-ring (bicyclic) bond motifs is 2. The molecule has 20 heteroatoms. The summed E-state index contributed by atoms with van der Waals surface area (Å²) >= 11 is 0. The summed E-state index contributed by atoms with van der Waals surface area (Å²) in [7, 11) is 5.03. The molecule has 5 aromatic rings. The molecule has 2 aromatic carbocycles.